The van der Waals surface area contributed by atoms with Gasteiger partial charge < -0.3 is 19.8 Å². The van der Waals surface area contributed by atoms with Gasteiger partial charge in [-0.25, -0.2) is 0 Å². The highest BCUT2D eigenvalue weighted by molar-refractivity contribution is 7.80. The molecule has 2 aromatic rings. The number of hydrogen-bond acceptors (Lipinski definition) is 3. The van der Waals surface area contributed by atoms with Crippen LogP contribution in [0.3, 0.4) is 0 Å². The van der Waals surface area contributed by atoms with Crippen LogP contribution < -0.4 is 15.4 Å². The van der Waals surface area contributed by atoms with Crippen molar-refractivity contribution in [3.63, 3.8) is 0 Å². The summed E-state index contributed by atoms with van der Waals surface area (Å²) in [5.74, 6) is 1.80. The van der Waals surface area contributed by atoms with E-state index >= 15 is 0 Å². The Kier molecular flexibility index (Phi) is 6.51. The van der Waals surface area contributed by atoms with E-state index < -0.39 is 0 Å². The molecule has 0 atom stereocenters. The second-order valence-electron chi connectivity index (χ2n) is 4.69. The van der Waals surface area contributed by atoms with Crippen molar-refractivity contribution in [3.05, 3.63) is 61.1 Å². The third-order valence-corrected chi connectivity index (χ3v) is 3.19. The Hall–Kier alpha value is -2.27. The maximum atomic E-state index is 5.43. The minimum atomic E-state index is 0.502. The third-order valence-electron chi connectivity index (χ3n) is 2.95. The van der Waals surface area contributed by atoms with Crippen molar-refractivity contribution in [2.45, 2.75) is 12.8 Å². The van der Waals surface area contributed by atoms with Crippen LogP contribution in [-0.2, 0) is 6.42 Å². The molecule has 1 aromatic heterocycles. The summed E-state index contributed by atoms with van der Waals surface area (Å²) in [6, 6.07) is 11.5. The number of nitrogens with one attached hydrogen (secondary N) is 2. The van der Waals surface area contributed by atoms with Crippen LogP contribution in [-0.4, -0.2) is 18.3 Å². The fourth-order valence-corrected chi connectivity index (χ4v) is 2.10. The van der Waals surface area contributed by atoms with Crippen molar-refractivity contribution in [1.29, 1.82) is 0 Å². The number of benzene rings is 1. The van der Waals surface area contributed by atoms with E-state index in [1.807, 2.05) is 36.4 Å². The summed E-state index contributed by atoms with van der Waals surface area (Å²) in [5.41, 5.74) is 0.925. The Morgan fingerprint density at radius 1 is 1.27 bits per heavy atom. The van der Waals surface area contributed by atoms with Crippen LogP contribution in [0.1, 0.15) is 12.2 Å². The first-order valence-electron chi connectivity index (χ1n) is 7.19. The van der Waals surface area contributed by atoms with E-state index in [-0.39, 0.29) is 0 Å². The van der Waals surface area contributed by atoms with Crippen molar-refractivity contribution in [1.82, 2.24) is 5.32 Å². The van der Waals surface area contributed by atoms with Gasteiger partial charge in [-0.2, -0.15) is 0 Å². The molecule has 5 heteroatoms. The lowest BCUT2D eigenvalue weighted by atomic mass is 10.2. The molecular formula is C17H20N2O2S. The smallest absolute Gasteiger partial charge is 0.170 e. The summed E-state index contributed by atoms with van der Waals surface area (Å²) in [7, 11) is 0. The van der Waals surface area contributed by atoms with Gasteiger partial charge in [0.1, 0.15) is 18.1 Å². The van der Waals surface area contributed by atoms with Gasteiger partial charge in [0, 0.05) is 18.7 Å². The number of aryl methyl sites for hydroxylation is 1. The van der Waals surface area contributed by atoms with Gasteiger partial charge in [0.15, 0.2) is 5.11 Å². The zero-order valence-electron chi connectivity index (χ0n) is 12.4. The third kappa shape index (κ3) is 5.61. The van der Waals surface area contributed by atoms with Crippen molar-refractivity contribution in [2.24, 2.45) is 0 Å². The molecule has 0 bridgehead atoms. The molecule has 1 heterocycles. The van der Waals surface area contributed by atoms with Gasteiger partial charge in [-0.05, 0) is 55.0 Å². The second-order valence-corrected chi connectivity index (χ2v) is 5.10. The highest BCUT2D eigenvalue weighted by Gasteiger charge is 1.99. The van der Waals surface area contributed by atoms with E-state index in [0.717, 1.165) is 36.6 Å². The molecule has 2 rings (SSSR count). The quantitative estimate of drug-likeness (QED) is 0.441. The first-order chi connectivity index (χ1) is 10.8. The predicted octanol–water partition coefficient (Wildman–Crippen LogP) is 3.76. The Bertz CT molecular complexity index is 579. The summed E-state index contributed by atoms with van der Waals surface area (Å²) in [6.45, 7) is 4.92. The molecule has 0 unspecified atom stereocenters. The number of furan rings is 1. The van der Waals surface area contributed by atoms with Gasteiger partial charge in [-0.15, -0.1) is 0 Å². The molecule has 0 saturated carbocycles. The van der Waals surface area contributed by atoms with E-state index in [4.69, 9.17) is 21.4 Å². The molecule has 0 spiro atoms. The Morgan fingerprint density at radius 2 is 2.09 bits per heavy atom. The largest absolute Gasteiger partial charge is 0.490 e. The van der Waals surface area contributed by atoms with E-state index in [1.165, 1.54) is 0 Å². The molecule has 22 heavy (non-hydrogen) atoms. The lowest BCUT2D eigenvalue weighted by molar-refractivity contribution is 0.363. The van der Waals surface area contributed by atoms with Crippen molar-refractivity contribution < 1.29 is 9.15 Å². The lowest BCUT2D eigenvalue weighted by Gasteiger charge is -2.11. The van der Waals surface area contributed by atoms with Gasteiger partial charge in [0.05, 0.1) is 6.26 Å². The van der Waals surface area contributed by atoms with Gasteiger partial charge in [0.2, 0.25) is 0 Å². The van der Waals surface area contributed by atoms with Crippen LogP contribution in [0.2, 0.25) is 0 Å². The van der Waals surface area contributed by atoms with E-state index in [9.17, 15) is 0 Å². The molecule has 0 aliphatic rings. The van der Waals surface area contributed by atoms with Crippen LogP contribution in [0.25, 0.3) is 0 Å². The van der Waals surface area contributed by atoms with E-state index in [0.29, 0.717) is 11.7 Å². The first-order valence-corrected chi connectivity index (χ1v) is 7.60. The van der Waals surface area contributed by atoms with Gasteiger partial charge in [0.25, 0.3) is 0 Å². The zero-order chi connectivity index (χ0) is 15.6. The summed E-state index contributed by atoms with van der Waals surface area (Å²) in [4.78, 5) is 0. The molecule has 2 N–H and O–H groups in total. The highest BCUT2D eigenvalue weighted by Crippen LogP contribution is 2.15. The van der Waals surface area contributed by atoms with E-state index in [1.54, 1.807) is 12.3 Å². The summed E-state index contributed by atoms with van der Waals surface area (Å²) in [6.07, 6.45) is 5.27. The molecule has 4 nitrogen and oxygen atoms in total. The summed E-state index contributed by atoms with van der Waals surface area (Å²) < 4.78 is 10.7. The molecule has 0 aliphatic carbocycles. The number of anilines is 1. The van der Waals surface area contributed by atoms with Crippen LogP contribution in [0, 0.1) is 0 Å². The van der Waals surface area contributed by atoms with Crippen molar-refractivity contribution in [3.8, 4) is 5.75 Å². The molecule has 116 valence electrons. The van der Waals surface area contributed by atoms with Crippen molar-refractivity contribution >= 4 is 23.0 Å². The molecule has 0 radical (unpaired) electrons. The molecular weight excluding hydrogens is 296 g/mol. The highest BCUT2D eigenvalue weighted by atomic mass is 32.1. The minimum absolute atomic E-state index is 0.502. The minimum Gasteiger partial charge on any atom is -0.490 e. The monoisotopic (exact) mass is 316 g/mol. The normalized spacial score (nSPS) is 10.0. The topological polar surface area (TPSA) is 46.4 Å². The van der Waals surface area contributed by atoms with Crippen LogP contribution in [0.4, 0.5) is 5.69 Å². The summed E-state index contributed by atoms with van der Waals surface area (Å²) in [5, 5.41) is 6.93. The Balaban J connectivity index is 1.66. The number of thiocarbonyl (C=S) groups is 1. The average Bonchev–Trinajstić information content (AvgIpc) is 3.04. The zero-order valence-corrected chi connectivity index (χ0v) is 13.2. The molecule has 0 saturated heterocycles. The number of ether oxygens (including phenoxy) is 1. The maximum Gasteiger partial charge on any atom is 0.170 e. The van der Waals surface area contributed by atoms with Crippen molar-refractivity contribution in [2.75, 3.05) is 18.5 Å². The maximum absolute atomic E-state index is 5.43. The Labute approximate surface area is 136 Å². The van der Waals surface area contributed by atoms with Gasteiger partial charge in [-0.3, -0.25) is 0 Å². The molecule has 0 amide bonds. The Morgan fingerprint density at radius 3 is 2.77 bits per heavy atom. The fraction of sp³-hybridized carbons (Fsp3) is 0.235. The van der Waals surface area contributed by atoms with Gasteiger partial charge >= 0.3 is 0 Å². The van der Waals surface area contributed by atoms with Crippen LogP contribution in [0.15, 0.2) is 59.7 Å². The standard InChI is InChI=1S/C17H20N2O2S/c1-2-12-20-16-9-7-14(8-10-16)19-17(22)18-11-3-5-15-6-4-13-21-15/h2,4,6-10,13H,1,3,5,11-12H2,(H2,18,19,22). The molecule has 0 fully saturated rings. The first kappa shape index (κ1) is 16.1. The SMILES string of the molecule is C=CCOc1ccc(NC(=S)NCCCc2ccco2)cc1. The number of rotatable bonds is 8. The average molecular weight is 316 g/mol. The molecule has 0 aliphatic heterocycles. The lowest BCUT2D eigenvalue weighted by Crippen LogP contribution is -2.29. The summed E-state index contributed by atoms with van der Waals surface area (Å²) >= 11 is 5.26. The van der Waals surface area contributed by atoms with Gasteiger partial charge in [-0.1, -0.05) is 12.7 Å². The molecule has 1 aromatic carbocycles. The van der Waals surface area contributed by atoms with E-state index in [2.05, 4.69) is 17.2 Å². The fourth-order valence-electron chi connectivity index (χ4n) is 1.88. The van der Waals surface area contributed by atoms with Crippen LogP contribution >= 0.6 is 12.2 Å². The van der Waals surface area contributed by atoms with Crippen LogP contribution in [0.5, 0.6) is 5.75 Å². The second kappa shape index (κ2) is 8.89. The predicted molar refractivity (Wildman–Crippen MR) is 93.4 cm³/mol. The number of hydrogen-bond donors (Lipinski definition) is 2.